The summed E-state index contributed by atoms with van der Waals surface area (Å²) in [6.07, 6.45) is 8.99. The summed E-state index contributed by atoms with van der Waals surface area (Å²) in [4.78, 5) is 25.4. The highest BCUT2D eigenvalue weighted by molar-refractivity contribution is 7.11. The second kappa shape index (κ2) is 7.35. The van der Waals surface area contributed by atoms with Crippen LogP contribution in [-0.2, 0) is 12.8 Å². The number of urea groups is 1. The molecule has 3 aromatic rings. The van der Waals surface area contributed by atoms with E-state index in [1.165, 1.54) is 28.4 Å². The minimum absolute atomic E-state index is 0.0912. The third-order valence-corrected chi connectivity index (χ3v) is 6.73. The Kier molecular flexibility index (Phi) is 4.56. The van der Waals surface area contributed by atoms with Gasteiger partial charge in [-0.15, -0.1) is 11.3 Å². The van der Waals surface area contributed by atoms with E-state index >= 15 is 0 Å². The van der Waals surface area contributed by atoms with Gasteiger partial charge in [-0.1, -0.05) is 6.07 Å². The fourth-order valence-electron chi connectivity index (χ4n) is 4.00. The molecule has 2 aliphatic rings. The van der Waals surface area contributed by atoms with Crippen LogP contribution in [0.2, 0.25) is 0 Å². The summed E-state index contributed by atoms with van der Waals surface area (Å²) in [5, 5.41) is 8.50. The smallest absolute Gasteiger partial charge is 0.323 e. The fourth-order valence-corrected chi connectivity index (χ4v) is 5.28. The number of anilines is 1. The van der Waals surface area contributed by atoms with E-state index in [1.807, 2.05) is 34.4 Å². The molecule has 0 bridgehead atoms. The number of piperidine rings is 1. The van der Waals surface area contributed by atoms with Crippen molar-refractivity contribution in [3.63, 3.8) is 0 Å². The Bertz CT molecular complexity index is 960. The molecule has 1 aliphatic heterocycles. The van der Waals surface area contributed by atoms with Crippen molar-refractivity contribution in [2.45, 2.75) is 38.0 Å². The lowest BCUT2D eigenvalue weighted by molar-refractivity contribution is 0.192. The molecule has 144 valence electrons. The van der Waals surface area contributed by atoms with Crippen LogP contribution in [0.1, 0.15) is 40.8 Å². The molecule has 8 heteroatoms. The van der Waals surface area contributed by atoms with Gasteiger partial charge in [0, 0.05) is 36.1 Å². The van der Waals surface area contributed by atoms with E-state index < -0.39 is 0 Å². The van der Waals surface area contributed by atoms with E-state index in [-0.39, 0.29) is 6.03 Å². The van der Waals surface area contributed by atoms with Crippen molar-refractivity contribution in [3.05, 3.63) is 52.2 Å². The summed E-state index contributed by atoms with van der Waals surface area (Å²) in [6.45, 7) is 1.49. The normalized spacial score (nSPS) is 18.9. The van der Waals surface area contributed by atoms with Crippen molar-refractivity contribution < 1.29 is 4.79 Å². The van der Waals surface area contributed by atoms with E-state index in [0.717, 1.165) is 32.4 Å². The number of likely N-dealkylation sites (tertiary alicyclic amines) is 1. The van der Waals surface area contributed by atoms with Crippen LogP contribution in [0, 0.1) is 0 Å². The molecule has 0 aromatic carbocycles. The first-order valence-corrected chi connectivity index (χ1v) is 10.6. The molecule has 1 saturated heterocycles. The number of carbonyl (C=O) groups excluding carboxylic acids is 1. The SMILES string of the molecule is O=C(Nc1ccnn1-c1ccccn1)N1CCCC(c2nc3c(s2)CCC3)C1. The number of nitrogens with one attached hydrogen (secondary N) is 1. The zero-order valence-electron chi connectivity index (χ0n) is 15.5. The molecule has 5 rings (SSSR count). The van der Waals surface area contributed by atoms with Crippen molar-refractivity contribution in [2.75, 3.05) is 18.4 Å². The van der Waals surface area contributed by atoms with Gasteiger partial charge < -0.3 is 4.90 Å². The minimum atomic E-state index is -0.0912. The number of amides is 2. The first-order chi connectivity index (χ1) is 13.8. The molecule has 2 amide bonds. The Morgan fingerprint density at radius 1 is 1.18 bits per heavy atom. The number of hydrogen-bond donors (Lipinski definition) is 1. The van der Waals surface area contributed by atoms with Gasteiger partial charge in [0.2, 0.25) is 0 Å². The molecule has 0 radical (unpaired) electrons. The number of thiazole rings is 1. The summed E-state index contributed by atoms with van der Waals surface area (Å²) in [7, 11) is 0. The second-order valence-electron chi connectivity index (χ2n) is 7.31. The lowest BCUT2D eigenvalue weighted by Gasteiger charge is -2.31. The molecule has 0 spiro atoms. The monoisotopic (exact) mass is 394 g/mol. The summed E-state index contributed by atoms with van der Waals surface area (Å²) in [6, 6.07) is 7.32. The molecule has 1 fully saturated rings. The van der Waals surface area contributed by atoms with Crippen molar-refractivity contribution in [2.24, 2.45) is 0 Å². The Morgan fingerprint density at radius 3 is 3.00 bits per heavy atom. The van der Waals surface area contributed by atoms with E-state index in [2.05, 4.69) is 15.4 Å². The van der Waals surface area contributed by atoms with Crippen LogP contribution >= 0.6 is 11.3 Å². The first kappa shape index (κ1) is 17.4. The Hall–Kier alpha value is -2.74. The molecular weight excluding hydrogens is 372 g/mol. The second-order valence-corrected chi connectivity index (χ2v) is 8.42. The van der Waals surface area contributed by atoms with Gasteiger partial charge in [0.25, 0.3) is 0 Å². The number of nitrogens with zero attached hydrogens (tertiary/aromatic N) is 5. The Labute approximate surface area is 167 Å². The average Bonchev–Trinajstić information content (AvgIpc) is 3.45. The number of pyridine rings is 1. The largest absolute Gasteiger partial charge is 0.324 e. The minimum Gasteiger partial charge on any atom is -0.324 e. The lowest BCUT2D eigenvalue weighted by atomic mass is 9.99. The van der Waals surface area contributed by atoms with Gasteiger partial charge >= 0.3 is 6.03 Å². The van der Waals surface area contributed by atoms with E-state index in [9.17, 15) is 4.79 Å². The summed E-state index contributed by atoms with van der Waals surface area (Å²) in [5.74, 6) is 1.64. The summed E-state index contributed by atoms with van der Waals surface area (Å²) in [5.41, 5.74) is 1.29. The Balaban J connectivity index is 1.29. The number of aromatic nitrogens is 4. The number of carbonyl (C=O) groups is 1. The average molecular weight is 395 g/mol. The molecular formula is C20H22N6OS. The van der Waals surface area contributed by atoms with Gasteiger partial charge in [0.05, 0.1) is 16.9 Å². The van der Waals surface area contributed by atoms with Crippen molar-refractivity contribution >= 4 is 23.2 Å². The van der Waals surface area contributed by atoms with Crippen LogP contribution in [0.25, 0.3) is 5.82 Å². The highest BCUT2D eigenvalue weighted by Crippen LogP contribution is 2.35. The number of fused-ring (bicyclic) bond motifs is 1. The van der Waals surface area contributed by atoms with E-state index in [1.54, 1.807) is 23.1 Å². The zero-order valence-corrected chi connectivity index (χ0v) is 16.4. The van der Waals surface area contributed by atoms with Crippen LogP contribution in [0.4, 0.5) is 10.6 Å². The van der Waals surface area contributed by atoms with Crippen LogP contribution in [-0.4, -0.2) is 43.8 Å². The van der Waals surface area contributed by atoms with Crippen LogP contribution in [0.3, 0.4) is 0 Å². The Morgan fingerprint density at radius 2 is 2.14 bits per heavy atom. The third kappa shape index (κ3) is 3.28. The fraction of sp³-hybridized carbons (Fsp3) is 0.400. The highest BCUT2D eigenvalue weighted by Gasteiger charge is 2.29. The highest BCUT2D eigenvalue weighted by atomic mass is 32.1. The van der Waals surface area contributed by atoms with Crippen LogP contribution in [0.5, 0.6) is 0 Å². The van der Waals surface area contributed by atoms with Gasteiger partial charge in [-0.2, -0.15) is 9.78 Å². The molecule has 0 saturated carbocycles. The lowest BCUT2D eigenvalue weighted by Crippen LogP contribution is -2.41. The van der Waals surface area contributed by atoms with Gasteiger partial charge in [-0.3, -0.25) is 5.32 Å². The zero-order chi connectivity index (χ0) is 18.9. The first-order valence-electron chi connectivity index (χ1n) is 9.78. The van der Waals surface area contributed by atoms with E-state index in [0.29, 0.717) is 17.6 Å². The molecule has 4 heterocycles. The molecule has 1 N–H and O–H groups in total. The molecule has 1 atom stereocenters. The molecule has 3 aromatic heterocycles. The maximum absolute atomic E-state index is 12.9. The molecule has 7 nitrogen and oxygen atoms in total. The number of aryl methyl sites for hydroxylation is 2. The van der Waals surface area contributed by atoms with Gasteiger partial charge in [0.1, 0.15) is 5.82 Å². The third-order valence-electron chi connectivity index (χ3n) is 5.41. The summed E-state index contributed by atoms with van der Waals surface area (Å²) >= 11 is 1.86. The van der Waals surface area contributed by atoms with Crippen LogP contribution in [0.15, 0.2) is 36.7 Å². The van der Waals surface area contributed by atoms with Crippen molar-refractivity contribution in [3.8, 4) is 5.82 Å². The molecule has 28 heavy (non-hydrogen) atoms. The van der Waals surface area contributed by atoms with Gasteiger partial charge in [-0.05, 0) is 44.2 Å². The summed E-state index contributed by atoms with van der Waals surface area (Å²) < 4.78 is 1.64. The quantitative estimate of drug-likeness (QED) is 0.736. The van der Waals surface area contributed by atoms with Crippen molar-refractivity contribution in [1.29, 1.82) is 0 Å². The molecule has 1 aliphatic carbocycles. The topological polar surface area (TPSA) is 75.9 Å². The van der Waals surface area contributed by atoms with Crippen molar-refractivity contribution in [1.82, 2.24) is 24.6 Å². The van der Waals surface area contributed by atoms with E-state index in [4.69, 9.17) is 4.98 Å². The molecule has 1 unspecified atom stereocenters. The van der Waals surface area contributed by atoms with Gasteiger partial charge in [0.15, 0.2) is 5.82 Å². The number of hydrogen-bond acceptors (Lipinski definition) is 5. The standard InChI is InChI=1S/C20H22N6OS/c27-20(24-18-9-11-22-26(18)17-8-1-2-10-21-17)25-12-4-5-14(13-25)19-23-15-6-3-7-16(15)28-19/h1-2,8-11,14H,3-7,12-13H2,(H,24,27). The maximum Gasteiger partial charge on any atom is 0.323 e. The van der Waals surface area contributed by atoms with Crippen LogP contribution < -0.4 is 5.32 Å². The van der Waals surface area contributed by atoms with Gasteiger partial charge in [-0.25, -0.2) is 14.8 Å². The predicted octanol–water partition coefficient (Wildman–Crippen LogP) is 3.62. The predicted molar refractivity (Wildman–Crippen MR) is 108 cm³/mol. The maximum atomic E-state index is 12.9. The number of rotatable bonds is 3.